The van der Waals surface area contributed by atoms with Crippen LogP contribution in [0.2, 0.25) is 0 Å². The monoisotopic (exact) mass is 149 g/mol. The van der Waals surface area contributed by atoms with Crippen LogP contribution in [0.1, 0.15) is 0 Å². The zero-order valence-electron chi connectivity index (χ0n) is 3.75. The van der Waals surface area contributed by atoms with Crippen molar-refractivity contribution < 1.29 is 26.8 Å². The standard InChI is InChI=1S/C2F5NO/c3-1(9)8(7)2(4,5)6. The number of carbonyl (C=O) groups excluding carboxylic acids is 1. The molecule has 0 aliphatic carbocycles. The SMILES string of the molecule is O=C(F)N(F)C(F)(F)F. The molecule has 0 radical (unpaired) electrons. The Morgan fingerprint density at radius 1 is 1.33 bits per heavy atom. The minimum Gasteiger partial charge on any atom is -0.231 e. The van der Waals surface area contributed by atoms with Gasteiger partial charge in [-0.15, -0.1) is 17.6 Å². The average molecular weight is 149 g/mol. The second-order valence-electron chi connectivity index (χ2n) is 1.00. The molecule has 0 aliphatic rings. The second-order valence-corrected chi connectivity index (χ2v) is 1.00. The van der Waals surface area contributed by atoms with E-state index in [0.717, 1.165) is 0 Å². The molecule has 0 aliphatic heterocycles. The molecule has 0 fully saturated rings. The fourth-order valence-corrected chi connectivity index (χ4v) is 0.0997. The Morgan fingerprint density at radius 3 is 1.67 bits per heavy atom. The number of amides is 1. The number of rotatable bonds is 0. The van der Waals surface area contributed by atoms with Gasteiger partial charge in [0.25, 0.3) is 0 Å². The average Bonchev–Trinajstić information content (AvgIpc) is 1.62. The summed E-state index contributed by atoms with van der Waals surface area (Å²) in [4.78, 5) is 8.95. The lowest BCUT2D eigenvalue weighted by Crippen LogP contribution is -2.32. The maximum absolute atomic E-state index is 11.0. The lowest BCUT2D eigenvalue weighted by atomic mass is 11.0. The Balaban J connectivity index is 4.04. The Bertz CT molecular complexity index is 119. The topological polar surface area (TPSA) is 20.3 Å². The predicted molar refractivity (Wildman–Crippen MR) is 15.5 cm³/mol. The van der Waals surface area contributed by atoms with Crippen molar-refractivity contribution >= 4 is 6.16 Å². The van der Waals surface area contributed by atoms with E-state index in [4.69, 9.17) is 4.79 Å². The highest BCUT2D eigenvalue weighted by Crippen LogP contribution is 2.21. The largest absolute Gasteiger partial charge is 0.517 e. The minimum atomic E-state index is -5.58. The van der Waals surface area contributed by atoms with Gasteiger partial charge < -0.3 is 0 Å². The third-order valence-electron chi connectivity index (χ3n) is 0.377. The Hall–Kier alpha value is -0.880. The molecule has 9 heavy (non-hydrogen) atoms. The fraction of sp³-hybridized carbons (Fsp3) is 0.500. The number of halogens is 5. The zero-order chi connectivity index (χ0) is 7.65. The van der Waals surface area contributed by atoms with Crippen LogP contribution in [-0.4, -0.2) is 17.6 Å². The first kappa shape index (κ1) is 8.12. The van der Waals surface area contributed by atoms with Gasteiger partial charge in [0.1, 0.15) is 0 Å². The molecule has 0 N–H and O–H groups in total. The van der Waals surface area contributed by atoms with Crippen LogP contribution in [0.3, 0.4) is 0 Å². The van der Waals surface area contributed by atoms with E-state index in [2.05, 4.69) is 0 Å². The molecule has 2 nitrogen and oxygen atoms in total. The van der Waals surface area contributed by atoms with Crippen molar-refractivity contribution in [3.05, 3.63) is 0 Å². The van der Waals surface area contributed by atoms with E-state index in [-0.39, 0.29) is 0 Å². The zero-order valence-corrected chi connectivity index (χ0v) is 3.75. The first-order valence-corrected chi connectivity index (χ1v) is 1.58. The summed E-state index contributed by atoms with van der Waals surface area (Å²) in [5.41, 5.74) is 0. The predicted octanol–water partition coefficient (Wildman–Crippen LogP) is 1.78. The molecule has 0 atom stereocenters. The van der Waals surface area contributed by atoms with E-state index in [0.29, 0.717) is 0 Å². The van der Waals surface area contributed by atoms with Crippen molar-refractivity contribution in [1.29, 1.82) is 0 Å². The molecule has 0 saturated carbocycles. The summed E-state index contributed by atoms with van der Waals surface area (Å²) in [5, 5.41) is -2.45. The Labute approximate surface area is 45.8 Å². The van der Waals surface area contributed by atoms with Crippen molar-refractivity contribution in [1.82, 2.24) is 5.12 Å². The van der Waals surface area contributed by atoms with Crippen LogP contribution in [0.15, 0.2) is 0 Å². The lowest BCUT2D eigenvalue weighted by molar-refractivity contribution is -0.286. The van der Waals surface area contributed by atoms with Crippen molar-refractivity contribution in [3.63, 3.8) is 0 Å². The van der Waals surface area contributed by atoms with E-state index < -0.39 is 17.6 Å². The fourth-order valence-electron chi connectivity index (χ4n) is 0.0997. The van der Waals surface area contributed by atoms with Crippen LogP contribution >= 0.6 is 0 Å². The number of hydrogen-bond acceptors (Lipinski definition) is 1. The molecule has 0 bridgehead atoms. The van der Waals surface area contributed by atoms with Crippen LogP contribution in [0.5, 0.6) is 0 Å². The molecule has 0 spiro atoms. The van der Waals surface area contributed by atoms with Gasteiger partial charge in [-0.3, -0.25) is 0 Å². The maximum Gasteiger partial charge on any atom is 0.517 e. The Kier molecular flexibility index (Phi) is 1.95. The van der Waals surface area contributed by atoms with Crippen molar-refractivity contribution in [3.8, 4) is 0 Å². The molecular formula is C2F5NO. The van der Waals surface area contributed by atoms with E-state index in [9.17, 15) is 22.0 Å². The summed E-state index contributed by atoms with van der Waals surface area (Å²) in [6.45, 7) is 0. The van der Waals surface area contributed by atoms with Crippen LogP contribution < -0.4 is 0 Å². The van der Waals surface area contributed by atoms with E-state index in [1.54, 1.807) is 0 Å². The van der Waals surface area contributed by atoms with Crippen molar-refractivity contribution in [2.45, 2.75) is 6.30 Å². The minimum absolute atomic E-state index is 2.45. The van der Waals surface area contributed by atoms with E-state index in [1.165, 1.54) is 0 Å². The number of carbonyl (C=O) groups is 1. The van der Waals surface area contributed by atoms with Crippen LogP contribution in [0.4, 0.5) is 26.8 Å². The highest BCUT2D eigenvalue weighted by molar-refractivity contribution is 5.64. The van der Waals surface area contributed by atoms with Crippen molar-refractivity contribution in [2.24, 2.45) is 0 Å². The summed E-state index contributed by atoms with van der Waals surface area (Å²) in [6.07, 6.45) is -8.76. The molecule has 7 heteroatoms. The first-order valence-electron chi connectivity index (χ1n) is 1.58. The molecule has 0 aromatic rings. The van der Waals surface area contributed by atoms with Crippen LogP contribution in [-0.2, 0) is 0 Å². The first-order chi connectivity index (χ1) is 3.85. The highest BCUT2D eigenvalue weighted by atomic mass is 19.4. The Morgan fingerprint density at radius 2 is 1.67 bits per heavy atom. The molecule has 0 rings (SSSR count). The van der Waals surface area contributed by atoms with Crippen LogP contribution in [0, 0.1) is 0 Å². The van der Waals surface area contributed by atoms with Gasteiger partial charge in [0.2, 0.25) is 0 Å². The van der Waals surface area contributed by atoms with Gasteiger partial charge in [-0.1, -0.05) is 9.60 Å². The third-order valence-corrected chi connectivity index (χ3v) is 0.377. The number of hydrogen-bond donors (Lipinski definition) is 0. The van der Waals surface area contributed by atoms with E-state index in [1.807, 2.05) is 0 Å². The quantitative estimate of drug-likeness (QED) is 0.222. The smallest absolute Gasteiger partial charge is 0.231 e. The molecule has 0 saturated heterocycles. The summed E-state index contributed by atoms with van der Waals surface area (Å²) >= 11 is 0. The summed E-state index contributed by atoms with van der Waals surface area (Å²) in [6, 6.07) is 0. The van der Waals surface area contributed by atoms with Crippen molar-refractivity contribution in [2.75, 3.05) is 0 Å². The second kappa shape index (κ2) is 2.16. The van der Waals surface area contributed by atoms with Gasteiger partial charge in [0.15, 0.2) is 0 Å². The number of alkyl halides is 3. The van der Waals surface area contributed by atoms with Gasteiger partial charge in [-0.05, 0) is 0 Å². The molecule has 1 amide bonds. The molecule has 0 aromatic heterocycles. The lowest BCUT2D eigenvalue weighted by Gasteiger charge is -2.08. The summed E-state index contributed by atoms with van der Waals surface area (Å²) in [7, 11) is 0. The molecule has 0 unspecified atom stereocenters. The highest BCUT2D eigenvalue weighted by Gasteiger charge is 2.42. The van der Waals surface area contributed by atoms with Gasteiger partial charge >= 0.3 is 12.5 Å². The van der Waals surface area contributed by atoms with Gasteiger partial charge in [-0.2, -0.15) is 0 Å². The molecule has 0 heterocycles. The molecule has 0 aromatic carbocycles. The van der Waals surface area contributed by atoms with Crippen LogP contribution in [0.25, 0.3) is 0 Å². The molecular weight excluding hydrogens is 149 g/mol. The van der Waals surface area contributed by atoms with Gasteiger partial charge in [0, 0.05) is 0 Å². The molecule has 54 valence electrons. The van der Waals surface area contributed by atoms with E-state index >= 15 is 0 Å². The summed E-state index contributed by atoms with van der Waals surface area (Å²) in [5.74, 6) is 0. The summed E-state index contributed by atoms with van der Waals surface area (Å²) < 4.78 is 54.2. The van der Waals surface area contributed by atoms with Gasteiger partial charge in [0.05, 0.1) is 0 Å². The normalized spacial score (nSPS) is 11.2. The maximum atomic E-state index is 11.0. The number of nitrogens with zero attached hydrogens (tertiary/aromatic N) is 1. The third kappa shape index (κ3) is 2.24. The van der Waals surface area contributed by atoms with Gasteiger partial charge in [-0.25, -0.2) is 4.79 Å².